The quantitative estimate of drug-likeness (QED) is 0.514. The maximum atomic E-state index is 11.3. The van der Waals surface area contributed by atoms with Crippen LogP contribution in [0.1, 0.15) is 13.3 Å². The molecule has 0 aromatic carbocycles. The van der Waals surface area contributed by atoms with Crippen LogP contribution < -0.4 is 0 Å². The molecule has 0 heterocycles. The number of allylic oxidation sites excluding steroid dienone is 1. The van der Waals surface area contributed by atoms with Gasteiger partial charge in [0.1, 0.15) is 0 Å². The van der Waals surface area contributed by atoms with Crippen LogP contribution in [0.5, 0.6) is 0 Å². The van der Waals surface area contributed by atoms with Gasteiger partial charge >= 0.3 is 5.97 Å². The molecule has 0 aromatic rings. The van der Waals surface area contributed by atoms with E-state index in [9.17, 15) is 4.79 Å². The first-order valence-corrected chi connectivity index (χ1v) is 4.56. The summed E-state index contributed by atoms with van der Waals surface area (Å²) in [5.74, 6) is -0.0548. The Morgan fingerprint density at radius 3 is 2.85 bits per heavy atom. The van der Waals surface area contributed by atoms with Gasteiger partial charge in [-0.15, -0.1) is 0 Å². The van der Waals surface area contributed by atoms with Gasteiger partial charge in [-0.25, -0.2) is 0 Å². The fraction of sp³-hybridized carbons (Fsp3) is 0.700. The van der Waals surface area contributed by atoms with Crippen LogP contribution in [0.15, 0.2) is 12.2 Å². The number of ether oxygens (including phenoxy) is 1. The van der Waals surface area contributed by atoms with Crippen LogP contribution in [0, 0.1) is 17.8 Å². The first-order valence-electron chi connectivity index (χ1n) is 4.56. The summed E-state index contributed by atoms with van der Waals surface area (Å²) in [4.78, 5) is 11.3. The second kappa shape index (κ2) is 4.42. The Morgan fingerprint density at radius 1 is 1.62 bits per heavy atom. The van der Waals surface area contributed by atoms with E-state index >= 15 is 0 Å². The molecule has 0 bridgehead atoms. The number of rotatable bonds is 2. The summed E-state index contributed by atoms with van der Waals surface area (Å²) in [6.07, 6.45) is 4.73. The van der Waals surface area contributed by atoms with Crippen molar-refractivity contribution in [1.82, 2.24) is 0 Å². The first-order chi connectivity index (χ1) is 6.19. The third-order valence-electron chi connectivity index (χ3n) is 2.54. The molecule has 3 nitrogen and oxygen atoms in total. The minimum atomic E-state index is -0.213. The number of carbonyl (C=O) groups is 1. The van der Waals surface area contributed by atoms with Crippen molar-refractivity contribution in [1.29, 1.82) is 0 Å². The minimum Gasteiger partial charge on any atom is -0.469 e. The molecule has 3 heteroatoms. The van der Waals surface area contributed by atoms with Gasteiger partial charge in [-0.05, 0) is 12.3 Å². The number of aliphatic hydroxyl groups excluding tert-OH is 1. The molecule has 0 amide bonds. The molecule has 0 saturated carbocycles. The minimum absolute atomic E-state index is 0.0169. The Labute approximate surface area is 78.4 Å². The van der Waals surface area contributed by atoms with E-state index in [2.05, 4.69) is 11.7 Å². The van der Waals surface area contributed by atoms with Gasteiger partial charge in [-0.3, -0.25) is 4.79 Å². The number of carbonyl (C=O) groups excluding carboxylic acids is 1. The summed E-state index contributed by atoms with van der Waals surface area (Å²) in [6, 6.07) is 0. The summed E-state index contributed by atoms with van der Waals surface area (Å²) in [5, 5.41) is 9.03. The number of hydrogen-bond donors (Lipinski definition) is 1. The molecule has 0 radical (unpaired) electrons. The third-order valence-corrected chi connectivity index (χ3v) is 2.54. The molecular weight excluding hydrogens is 168 g/mol. The molecule has 3 atom stereocenters. The van der Waals surface area contributed by atoms with Crippen LogP contribution in [0.4, 0.5) is 0 Å². The zero-order chi connectivity index (χ0) is 9.84. The van der Waals surface area contributed by atoms with Crippen molar-refractivity contribution < 1.29 is 14.6 Å². The van der Waals surface area contributed by atoms with E-state index < -0.39 is 0 Å². The maximum Gasteiger partial charge on any atom is 0.309 e. The van der Waals surface area contributed by atoms with Gasteiger partial charge in [0.05, 0.1) is 19.6 Å². The Bertz CT molecular complexity index is 210. The lowest BCUT2D eigenvalue weighted by Crippen LogP contribution is -2.30. The molecule has 74 valence electrons. The lowest BCUT2D eigenvalue weighted by molar-refractivity contribution is -0.148. The lowest BCUT2D eigenvalue weighted by atomic mass is 9.80. The molecule has 0 spiro atoms. The highest BCUT2D eigenvalue weighted by atomic mass is 16.5. The van der Waals surface area contributed by atoms with Crippen LogP contribution in [-0.4, -0.2) is 24.8 Å². The highest BCUT2D eigenvalue weighted by molar-refractivity contribution is 5.73. The van der Waals surface area contributed by atoms with Crippen molar-refractivity contribution >= 4 is 5.97 Å². The van der Waals surface area contributed by atoms with Gasteiger partial charge in [0.15, 0.2) is 0 Å². The van der Waals surface area contributed by atoms with E-state index in [-0.39, 0.29) is 24.4 Å². The van der Waals surface area contributed by atoms with Crippen molar-refractivity contribution in [3.05, 3.63) is 12.2 Å². The molecule has 1 rings (SSSR count). The summed E-state index contributed by atoms with van der Waals surface area (Å²) in [7, 11) is 1.39. The van der Waals surface area contributed by atoms with E-state index in [4.69, 9.17) is 5.11 Å². The van der Waals surface area contributed by atoms with E-state index in [1.807, 2.05) is 12.2 Å². The van der Waals surface area contributed by atoms with Crippen LogP contribution in [0.2, 0.25) is 0 Å². The van der Waals surface area contributed by atoms with E-state index in [0.717, 1.165) is 6.42 Å². The Morgan fingerprint density at radius 2 is 2.31 bits per heavy atom. The summed E-state index contributed by atoms with van der Waals surface area (Å²) in [5.41, 5.74) is 0. The van der Waals surface area contributed by atoms with E-state index in [0.29, 0.717) is 5.92 Å². The average Bonchev–Trinajstić information content (AvgIpc) is 2.16. The number of hydrogen-bond acceptors (Lipinski definition) is 3. The molecule has 0 aliphatic heterocycles. The molecule has 0 saturated heterocycles. The van der Waals surface area contributed by atoms with Crippen LogP contribution in [0.3, 0.4) is 0 Å². The molecule has 1 N–H and O–H groups in total. The molecule has 1 aliphatic rings. The topological polar surface area (TPSA) is 46.5 Å². The van der Waals surface area contributed by atoms with Gasteiger partial charge in [-0.1, -0.05) is 19.1 Å². The van der Waals surface area contributed by atoms with E-state index in [1.54, 1.807) is 0 Å². The van der Waals surface area contributed by atoms with Gasteiger partial charge in [-0.2, -0.15) is 0 Å². The predicted molar refractivity (Wildman–Crippen MR) is 49.0 cm³/mol. The largest absolute Gasteiger partial charge is 0.469 e. The molecule has 1 aliphatic carbocycles. The molecule has 0 unspecified atom stereocenters. The Hall–Kier alpha value is -0.830. The highest BCUT2D eigenvalue weighted by Gasteiger charge is 2.30. The SMILES string of the molecule is COC(=O)[C@@H]1C[C@H](C)C=C[C@@H]1CO. The molecule has 0 aromatic heterocycles. The molecular formula is C10H16O3. The van der Waals surface area contributed by atoms with Crippen molar-refractivity contribution in [3.8, 4) is 0 Å². The highest BCUT2D eigenvalue weighted by Crippen LogP contribution is 2.28. The number of methoxy groups -OCH3 is 1. The summed E-state index contributed by atoms with van der Waals surface area (Å²) < 4.78 is 4.69. The zero-order valence-corrected chi connectivity index (χ0v) is 8.06. The normalized spacial score (nSPS) is 33.0. The molecule has 13 heavy (non-hydrogen) atoms. The summed E-state index contributed by atoms with van der Waals surface area (Å²) in [6.45, 7) is 2.07. The van der Waals surface area contributed by atoms with Gasteiger partial charge in [0.25, 0.3) is 0 Å². The summed E-state index contributed by atoms with van der Waals surface area (Å²) >= 11 is 0. The standard InChI is InChI=1S/C10H16O3/c1-7-3-4-8(6-11)9(5-7)10(12)13-2/h3-4,7-9,11H,5-6H2,1-2H3/t7-,8-,9-/m1/s1. The maximum absolute atomic E-state index is 11.3. The second-order valence-corrected chi connectivity index (χ2v) is 3.57. The van der Waals surface area contributed by atoms with Crippen molar-refractivity contribution in [2.75, 3.05) is 13.7 Å². The van der Waals surface area contributed by atoms with Crippen molar-refractivity contribution in [2.24, 2.45) is 17.8 Å². The fourth-order valence-corrected chi connectivity index (χ4v) is 1.73. The van der Waals surface area contributed by atoms with Crippen molar-refractivity contribution in [2.45, 2.75) is 13.3 Å². The van der Waals surface area contributed by atoms with Crippen LogP contribution >= 0.6 is 0 Å². The van der Waals surface area contributed by atoms with Gasteiger partial charge in [0, 0.05) is 5.92 Å². The van der Waals surface area contributed by atoms with Gasteiger partial charge < -0.3 is 9.84 Å². The number of esters is 1. The van der Waals surface area contributed by atoms with E-state index in [1.165, 1.54) is 7.11 Å². The predicted octanol–water partition coefficient (Wildman–Crippen LogP) is 0.980. The Balaban J connectivity index is 2.70. The number of aliphatic hydroxyl groups is 1. The fourth-order valence-electron chi connectivity index (χ4n) is 1.73. The second-order valence-electron chi connectivity index (χ2n) is 3.57. The zero-order valence-electron chi connectivity index (χ0n) is 8.06. The molecule has 0 fully saturated rings. The average molecular weight is 184 g/mol. The lowest BCUT2D eigenvalue weighted by Gasteiger charge is -2.26. The van der Waals surface area contributed by atoms with Crippen LogP contribution in [0.25, 0.3) is 0 Å². The monoisotopic (exact) mass is 184 g/mol. The first kappa shape index (κ1) is 10.3. The van der Waals surface area contributed by atoms with Gasteiger partial charge in [0.2, 0.25) is 0 Å². The van der Waals surface area contributed by atoms with Crippen molar-refractivity contribution in [3.63, 3.8) is 0 Å². The Kier molecular flexibility index (Phi) is 3.48. The third kappa shape index (κ3) is 2.31. The smallest absolute Gasteiger partial charge is 0.309 e. The van der Waals surface area contributed by atoms with Crippen LogP contribution in [-0.2, 0) is 9.53 Å².